The normalized spacial score (nSPS) is 25.5. The first-order valence-corrected chi connectivity index (χ1v) is 8.38. The number of halogens is 2. The van der Waals surface area contributed by atoms with Crippen LogP contribution in [0.2, 0.25) is 10.0 Å². The van der Waals surface area contributed by atoms with E-state index in [0.29, 0.717) is 16.9 Å². The van der Waals surface area contributed by atoms with Crippen molar-refractivity contribution in [3.05, 3.63) is 75.3 Å². The Morgan fingerprint density at radius 1 is 1.05 bits per heavy atom. The summed E-state index contributed by atoms with van der Waals surface area (Å²) >= 11 is 12.5. The van der Waals surface area contributed by atoms with Crippen molar-refractivity contribution in [3.63, 3.8) is 0 Å². The van der Waals surface area contributed by atoms with E-state index in [1.165, 1.54) is 16.8 Å². The highest BCUT2D eigenvalue weighted by Gasteiger charge is 2.38. The topological polar surface area (TPSA) is 12.0 Å². The molecule has 1 nitrogen and oxygen atoms in total. The molecule has 4 rings (SSSR count). The Morgan fingerprint density at radius 2 is 1.91 bits per heavy atom. The van der Waals surface area contributed by atoms with E-state index in [1.54, 1.807) is 0 Å². The maximum atomic E-state index is 6.46. The van der Waals surface area contributed by atoms with Crippen molar-refractivity contribution in [3.8, 4) is 0 Å². The van der Waals surface area contributed by atoms with E-state index in [2.05, 4.69) is 48.7 Å². The third kappa shape index (κ3) is 2.24. The van der Waals surface area contributed by atoms with Gasteiger partial charge in [-0.15, -0.1) is 0 Å². The number of aryl methyl sites for hydroxylation is 1. The molecule has 0 radical (unpaired) electrons. The van der Waals surface area contributed by atoms with Gasteiger partial charge in [-0.1, -0.05) is 59.1 Å². The van der Waals surface area contributed by atoms with Gasteiger partial charge < -0.3 is 5.32 Å². The third-order valence-corrected chi connectivity index (χ3v) is 5.38. The maximum Gasteiger partial charge on any atom is 0.0568 e. The monoisotopic (exact) mass is 329 g/mol. The molecule has 1 aliphatic heterocycles. The molecule has 112 valence electrons. The molecule has 22 heavy (non-hydrogen) atoms. The lowest BCUT2D eigenvalue weighted by atomic mass is 9.76. The highest BCUT2D eigenvalue weighted by Crippen LogP contribution is 2.50. The maximum absolute atomic E-state index is 6.46. The highest BCUT2D eigenvalue weighted by atomic mass is 35.5. The van der Waals surface area contributed by atoms with Crippen LogP contribution in [0.1, 0.15) is 35.1 Å². The number of anilines is 1. The van der Waals surface area contributed by atoms with Gasteiger partial charge in [0.25, 0.3) is 0 Å². The van der Waals surface area contributed by atoms with E-state index in [0.717, 1.165) is 17.0 Å². The molecule has 0 spiro atoms. The number of fused-ring (bicyclic) bond motifs is 3. The molecule has 2 aromatic rings. The summed E-state index contributed by atoms with van der Waals surface area (Å²) in [6.07, 6.45) is 5.72. The van der Waals surface area contributed by atoms with E-state index >= 15 is 0 Å². The molecule has 1 heterocycles. The first-order chi connectivity index (χ1) is 10.6. The van der Waals surface area contributed by atoms with Gasteiger partial charge >= 0.3 is 0 Å². The number of hydrogen-bond acceptors (Lipinski definition) is 1. The summed E-state index contributed by atoms with van der Waals surface area (Å²) in [6, 6.07) is 12.7. The predicted molar refractivity (Wildman–Crippen MR) is 94.0 cm³/mol. The molecule has 0 amide bonds. The van der Waals surface area contributed by atoms with Crippen LogP contribution >= 0.6 is 23.2 Å². The van der Waals surface area contributed by atoms with Crippen molar-refractivity contribution in [2.75, 3.05) is 5.32 Å². The molecule has 3 unspecified atom stereocenters. The van der Waals surface area contributed by atoms with Gasteiger partial charge in [0.1, 0.15) is 0 Å². The van der Waals surface area contributed by atoms with Gasteiger partial charge in [-0.3, -0.25) is 0 Å². The molecule has 0 saturated heterocycles. The van der Waals surface area contributed by atoms with Crippen molar-refractivity contribution >= 4 is 28.9 Å². The third-order valence-electron chi connectivity index (χ3n) is 4.82. The lowest BCUT2D eigenvalue weighted by molar-refractivity contribution is 0.425. The summed E-state index contributed by atoms with van der Waals surface area (Å²) in [5.74, 6) is 0.973. The van der Waals surface area contributed by atoms with Crippen LogP contribution in [0.25, 0.3) is 0 Å². The fourth-order valence-electron chi connectivity index (χ4n) is 3.78. The average molecular weight is 330 g/mol. The average Bonchev–Trinajstić information content (AvgIpc) is 2.97. The first-order valence-electron chi connectivity index (χ1n) is 7.62. The molecule has 2 aliphatic rings. The molecule has 2 aromatic carbocycles. The van der Waals surface area contributed by atoms with Crippen LogP contribution in [-0.4, -0.2) is 0 Å². The van der Waals surface area contributed by atoms with E-state index in [9.17, 15) is 0 Å². The SMILES string of the molecule is Cc1ccc2c(c1)C1C=CCC1C(c1ccc(Cl)cc1Cl)N2. The molecule has 0 bridgehead atoms. The Bertz CT molecular complexity index is 766. The zero-order valence-electron chi connectivity index (χ0n) is 12.3. The van der Waals surface area contributed by atoms with Gasteiger partial charge in [0.05, 0.1) is 6.04 Å². The van der Waals surface area contributed by atoms with Gasteiger partial charge in [-0.2, -0.15) is 0 Å². The van der Waals surface area contributed by atoms with Crippen LogP contribution in [0, 0.1) is 12.8 Å². The minimum absolute atomic E-state index is 0.222. The zero-order chi connectivity index (χ0) is 15.3. The number of nitrogens with one attached hydrogen (secondary N) is 1. The first kappa shape index (κ1) is 14.2. The molecular formula is C19H17Cl2N. The van der Waals surface area contributed by atoms with Gasteiger partial charge in [0.15, 0.2) is 0 Å². The number of hydrogen-bond donors (Lipinski definition) is 1. The van der Waals surface area contributed by atoms with Gasteiger partial charge in [-0.05, 0) is 48.6 Å². The minimum atomic E-state index is 0.222. The highest BCUT2D eigenvalue weighted by molar-refractivity contribution is 6.35. The molecule has 3 atom stereocenters. The molecule has 1 N–H and O–H groups in total. The molecule has 0 saturated carbocycles. The summed E-state index contributed by atoms with van der Waals surface area (Å²) in [6.45, 7) is 2.15. The Morgan fingerprint density at radius 3 is 2.73 bits per heavy atom. The van der Waals surface area contributed by atoms with Crippen LogP contribution in [0.15, 0.2) is 48.6 Å². The predicted octanol–water partition coefficient (Wildman–Crippen LogP) is 6.13. The molecule has 0 aromatic heterocycles. The largest absolute Gasteiger partial charge is 0.378 e. The Balaban J connectivity index is 1.81. The van der Waals surface area contributed by atoms with Crippen molar-refractivity contribution in [1.82, 2.24) is 0 Å². The summed E-state index contributed by atoms with van der Waals surface area (Å²) in [7, 11) is 0. The second-order valence-corrected chi connectivity index (χ2v) is 7.08. The Hall–Kier alpha value is -1.44. The molecular weight excluding hydrogens is 313 g/mol. The van der Waals surface area contributed by atoms with Crippen LogP contribution < -0.4 is 5.32 Å². The summed E-state index contributed by atoms with van der Waals surface area (Å²) < 4.78 is 0. The van der Waals surface area contributed by atoms with Crippen molar-refractivity contribution in [1.29, 1.82) is 0 Å². The fraction of sp³-hybridized carbons (Fsp3) is 0.263. The minimum Gasteiger partial charge on any atom is -0.378 e. The Kier molecular flexibility index (Phi) is 3.43. The van der Waals surface area contributed by atoms with Crippen LogP contribution in [0.3, 0.4) is 0 Å². The van der Waals surface area contributed by atoms with Gasteiger partial charge in [0.2, 0.25) is 0 Å². The van der Waals surface area contributed by atoms with Crippen LogP contribution in [-0.2, 0) is 0 Å². The second kappa shape index (κ2) is 5.33. The van der Waals surface area contributed by atoms with Gasteiger partial charge in [0, 0.05) is 21.7 Å². The summed E-state index contributed by atoms with van der Waals surface area (Å²) in [5.41, 5.74) is 5.06. The Labute approximate surface area is 140 Å². The number of rotatable bonds is 1. The van der Waals surface area contributed by atoms with Crippen molar-refractivity contribution in [2.45, 2.75) is 25.3 Å². The smallest absolute Gasteiger partial charge is 0.0568 e. The molecule has 0 fully saturated rings. The van der Waals surface area contributed by atoms with Crippen LogP contribution in [0.4, 0.5) is 5.69 Å². The van der Waals surface area contributed by atoms with E-state index in [4.69, 9.17) is 23.2 Å². The number of benzene rings is 2. The molecule has 3 heteroatoms. The van der Waals surface area contributed by atoms with E-state index < -0.39 is 0 Å². The quantitative estimate of drug-likeness (QED) is 0.620. The fourth-order valence-corrected chi connectivity index (χ4v) is 4.30. The number of allylic oxidation sites excluding steroid dienone is 2. The lowest BCUT2D eigenvalue weighted by Gasteiger charge is -2.38. The molecule has 1 aliphatic carbocycles. The lowest BCUT2D eigenvalue weighted by Crippen LogP contribution is -2.29. The zero-order valence-corrected chi connectivity index (χ0v) is 13.8. The second-order valence-electron chi connectivity index (χ2n) is 6.23. The standard InChI is InChI=1S/C19H17Cl2N/c1-11-5-8-18-16(9-11)13-3-2-4-14(13)19(22-18)15-7-6-12(20)10-17(15)21/h2-3,5-10,13-14,19,22H,4H2,1H3. The van der Waals surface area contributed by atoms with Crippen LogP contribution in [0.5, 0.6) is 0 Å². The van der Waals surface area contributed by atoms with Gasteiger partial charge in [-0.25, -0.2) is 0 Å². The van der Waals surface area contributed by atoms with E-state index in [-0.39, 0.29) is 6.04 Å². The van der Waals surface area contributed by atoms with Crippen molar-refractivity contribution < 1.29 is 0 Å². The summed E-state index contributed by atoms with van der Waals surface area (Å²) in [4.78, 5) is 0. The summed E-state index contributed by atoms with van der Waals surface area (Å²) in [5, 5.41) is 5.13. The van der Waals surface area contributed by atoms with E-state index in [1.807, 2.05) is 12.1 Å². The van der Waals surface area contributed by atoms with Crippen molar-refractivity contribution in [2.24, 2.45) is 5.92 Å².